The second kappa shape index (κ2) is 9.09. The van der Waals surface area contributed by atoms with E-state index in [0.29, 0.717) is 23.2 Å². The maximum absolute atomic E-state index is 12.6. The van der Waals surface area contributed by atoms with Crippen molar-refractivity contribution in [3.05, 3.63) is 65.2 Å². The lowest BCUT2D eigenvalue weighted by Crippen LogP contribution is -2.41. The average molecular weight is 381 g/mol. The Labute approximate surface area is 159 Å². The molecular formula is C19H22Cl2N2O2. The number of hydrogen-bond donors (Lipinski definition) is 2. The molecule has 0 radical (unpaired) electrons. The summed E-state index contributed by atoms with van der Waals surface area (Å²) in [5.74, 6) is 0.944. The van der Waals surface area contributed by atoms with Crippen LogP contribution in [0.15, 0.2) is 54.6 Å². The summed E-state index contributed by atoms with van der Waals surface area (Å²) in [6.45, 7) is 0.469. The molecule has 1 aliphatic rings. The maximum Gasteiger partial charge on any atom is 0.265 e. The van der Waals surface area contributed by atoms with E-state index in [1.165, 1.54) is 0 Å². The molecule has 2 unspecified atom stereocenters. The molecule has 0 aromatic heterocycles. The van der Waals surface area contributed by atoms with Gasteiger partial charge in [-0.15, -0.1) is 12.4 Å². The molecular weight excluding hydrogens is 359 g/mol. The molecule has 0 bridgehead atoms. The summed E-state index contributed by atoms with van der Waals surface area (Å²) >= 11 is 5.90. The minimum Gasteiger partial charge on any atom is -0.476 e. The van der Waals surface area contributed by atoms with Gasteiger partial charge in [-0.25, -0.2) is 0 Å². The highest BCUT2D eigenvalue weighted by atomic mass is 35.5. The number of nitrogens with one attached hydrogen (secondary N) is 1. The van der Waals surface area contributed by atoms with Gasteiger partial charge in [0.25, 0.3) is 5.91 Å². The van der Waals surface area contributed by atoms with Crippen molar-refractivity contribution < 1.29 is 9.53 Å². The molecule has 2 aromatic carbocycles. The first-order valence-corrected chi connectivity index (χ1v) is 8.52. The number of carbonyl (C=O) groups is 1. The van der Waals surface area contributed by atoms with Gasteiger partial charge in [0, 0.05) is 23.2 Å². The van der Waals surface area contributed by atoms with Gasteiger partial charge < -0.3 is 15.8 Å². The predicted octanol–water partition coefficient (Wildman–Crippen LogP) is 3.74. The van der Waals surface area contributed by atoms with Crippen LogP contribution in [-0.2, 0) is 4.79 Å². The van der Waals surface area contributed by atoms with Gasteiger partial charge in [-0.3, -0.25) is 4.79 Å². The van der Waals surface area contributed by atoms with Crippen LogP contribution < -0.4 is 15.8 Å². The van der Waals surface area contributed by atoms with Crippen molar-refractivity contribution in [2.45, 2.75) is 25.0 Å². The largest absolute Gasteiger partial charge is 0.476 e. The van der Waals surface area contributed by atoms with E-state index in [2.05, 4.69) is 5.32 Å². The van der Waals surface area contributed by atoms with Crippen LogP contribution in [0.3, 0.4) is 0 Å². The van der Waals surface area contributed by atoms with Crippen molar-refractivity contribution in [1.82, 2.24) is 5.32 Å². The second-order valence-corrected chi connectivity index (χ2v) is 6.55. The lowest BCUT2D eigenvalue weighted by Gasteiger charge is -2.20. The van der Waals surface area contributed by atoms with Gasteiger partial charge in [0.2, 0.25) is 6.10 Å². The van der Waals surface area contributed by atoms with E-state index in [-0.39, 0.29) is 24.4 Å². The first-order chi connectivity index (χ1) is 11.6. The second-order valence-electron chi connectivity index (χ2n) is 6.11. The predicted molar refractivity (Wildman–Crippen MR) is 102 cm³/mol. The van der Waals surface area contributed by atoms with Gasteiger partial charge in [-0.2, -0.15) is 0 Å². The number of ether oxygens (including phenoxy) is 1. The highest BCUT2D eigenvalue weighted by Gasteiger charge is 2.30. The molecule has 2 aromatic rings. The van der Waals surface area contributed by atoms with E-state index in [0.717, 1.165) is 18.4 Å². The van der Waals surface area contributed by atoms with Gasteiger partial charge in [-0.1, -0.05) is 41.9 Å². The molecule has 4 nitrogen and oxygen atoms in total. The lowest BCUT2D eigenvalue weighted by molar-refractivity contribution is -0.128. The van der Waals surface area contributed by atoms with Crippen molar-refractivity contribution in [3.8, 4) is 5.75 Å². The van der Waals surface area contributed by atoms with E-state index in [4.69, 9.17) is 22.1 Å². The van der Waals surface area contributed by atoms with E-state index in [1.54, 1.807) is 24.3 Å². The van der Waals surface area contributed by atoms with E-state index in [9.17, 15) is 4.79 Å². The van der Waals surface area contributed by atoms with Crippen LogP contribution >= 0.6 is 24.0 Å². The zero-order valence-corrected chi connectivity index (χ0v) is 15.3. The number of benzene rings is 2. The van der Waals surface area contributed by atoms with Crippen molar-refractivity contribution >= 4 is 29.9 Å². The molecule has 0 aliphatic heterocycles. The van der Waals surface area contributed by atoms with E-state index in [1.807, 2.05) is 30.3 Å². The highest BCUT2D eigenvalue weighted by Crippen LogP contribution is 2.31. The monoisotopic (exact) mass is 380 g/mol. The molecule has 0 saturated heterocycles. The number of amides is 1. The standard InChI is InChI=1S/C19H21ClN2O2.ClH/c20-15-8-10-16(11-9-15)24-18(14-4-2-1-3-5-14)19(23)22-12-17(21)13-6-7-13;/h1-5,8-11,13,17-18H,6-7,12,21H2,(H,22,23);1H. The summed E-state index contributed by atoms with van der Waals surface area (Å²) in [6.07, 6.45) is 1.58. The molecule has 0 spiro atoms. The lowest BCUT2D eigenvalue weighted by atomic mass is 10.1. The summed E-state index contributed by atoms with van der Waals surface area (Å²) in [6, 6.07) is 16.4. The van der Waals surface area contributed by atoms with Crippen LogP contribution in [0.1, 0.15) is 24.5 Å². The van der Waals surface area contributed by atoms with Crippen LogP contribution in [0.2, 0.25) is 5.02 Å². The summed E-state index contributed by atoms with van der Waals surface area (Å²) in [7, 11) is 0. The third-order valence-electron chi connectivity index (χ3n) is 4.15. The Hall–Kier alpha value is -1.75. The molecule has 3 N–H and O–H groups in total. The Morgan fingerprint density at radius 3 is 2.40 bits per heavy atom. The zero-order valence-electron chi connectivity index (χ0n) is 13.7. The fourth-order valence-corrected chi connectivity index (χ4v) is 2.68. The topological polar surface area (TPSA) is 64.3 Å². The first kappa shape index (κ1) is 19.6. The summed E-state index contributed by atoms with van der Waals surface area (Å²) in [4.78, 5) is 12.6. The Balaban J connectivity index is 0.00000225. The van der Waals surface area contributed by atoms with Gasteiger partial charge in [-0.05, 0) is 43.0 Å². The fraction of sp³-hybridized carbons (Fsp3) is 0.316. The molecule has 1 aliphatic carbocycles. The third-order valence-corrected chi connectivity index (χ3v) is 4.40. The van der Waals surface area contributed by atoms with Crippen LogP contribution in [0, 0.1) is 5.92 Å². The Morgan fingerprint density at radius 1 is 1.16 bits per heavy atom. The Morgan fingerprint density at radius 2 is 1.80 bits per heavy atom. The quantitative estimate of drug-likeness (QED) is 0.768. The smallest absolute Gasteiger partial charge is 0.265 e. The molecule has 134 valence electrons. The van der Waals surface area contributed by atoms with Gasteiger partial charge in [0.15, 0.2) is 0 Å². The highest BCUT2D eigenvalue weighted by molar-refractivity contribution is 6.30. The van der Waals surface area contributed by atoms with Crippen LogP contribution in [0.5, 0.6) is 5.75 Å². The number of nitrogens with two attached hydrogens (primary N) is 1. The average Bonchev–Trinajstić information content (AvgIpc) is 3.45. The van der Waals surface area contributed by atoms with Crippen molar-refractivity contribution in [3.63, 3.8) is 0 Å². The summed E-state index contributed by atoms with van der Waals surface area (Å²) in [5.41, 5.74) is 6.86. The summed E-state index contributed by atoms with van der Waals surface area (Å²) < 4.78 is 5.91. The fourth-order valence-electron chi connectivity index (χ4n) is 2.55. The minimum absolute atomic E-state index is 0. The number of hydrogen-bond acceptors (Lipinski definition) is 3. The van der Waals surface area contributed by atoms with Crippen molar-refractivity contribution in [2.24, 2.45) is 11.7 Å². The molecule has 1 fully saturated rings. The Bertz CT molecular complexity index is 676. The molecule has 0 heterocycles. The normalized spacial score (nSPS) is 15.6. The van der Waals surface area contributed by atoms with Crippen LogP contribution in [0.25, 0.3) is 0 Å². The van der Waals surface area contributed by atoms with Gasteiger partial charge >= 0.3 is 0 Å². The van der Waals surface area contributed by atoms with Crippen LogP contribution in [0.4, 0.5) is 0 Å². The first-order valence-electron chi connectivity index (χ1n) is 8.14. The summed E-state index contributed by atoms with van der Waals surface area (Å²) in [5, 5.41) is 3.54. The number of rotatable bonds is 7. The van der Waals surface area contributed by atoms with Gasteiger partial charge in [0.1, 0.15) is 5.75 Å². The number of carbonyl (C=O) groups excluding carboxylic acids is 1. The molecule has 1 amide bonds. The zero-order chi connectivity index (χ0) is 16.9. The molecule has 25 heavy (non-hydrogen) atoms. The van der Waals surface area contributed by atoms with Crippen molar-refractivity contribution in [1.29, 1.82) is 0 Å². The molecule has 3 rings (SSSR count). The molecule has 6 heteroatoms. The van der Waals surface area contributed by atoms with E-state index < -0.39 is 6.10 Å². The Kier molecular flexibility index (Phi) is 7.12. The molecule has 2 atom stereocenters. The maximum atomic E-state index is 12.6. The van der Waals surface area contributed by atoms with Crippen molar-refractivity contribution in [2.75, 3.05) is 6.54 Å². The third kappa shape index (κ3) is 5.63. The molecule has 1 saturated carbocycles. The number of halogens is 2. The minimum atomic E-state index is -0.723. The van der Waals surface area contributed by atoms with Gasteiger partial charge in [0.05, 0.1) is 0 Å². The van der Waals surface area contributed by atoms with Crippen LogP contribution in [-0.4, -0.2) is 18.5 Å². The van der Waals surface area contributed by atoms with E-state index >= 15 is 0 Å². The SMILES string of the molecule is Cl.NC(CNC(=O)C(Oc1ccc(Cl)cc1)c1ccccc1)C1CC1.